The van der Waals surface area contributed by atoms with Crippen LogP contribution in [0.5, 0.6) is 0 Å². The molecule has 1 N–H and O–H groups in total. The van der Waals surface area contributed by atoms with Crippen molar-refractivity contribution in [3.05, 3.63) is 48.6 Å². The van der Waals surface area contributed by atoms with Crippen LogP contribution in [0.15, 0.2) is 43.0 Å². The summed E-state index contributed by atoms with van der Waals surface area (Å²) < 4.78 is 12.7. The molecule has 0 aliphatic heterocycles. The Hall–Kier alpha value is -0.943. The molecule has 0 fully saturated rings. The van der Waals surface area contributed by atoms with Crippen molar-refractivity contribution < 1.29 is 14.3 Å². The van der Waals surface area contributed by atoms with Crippen LogP contribution in [-0.4, -0.2) is 32.2 Å². The molecule has 0 aromatic heterocycles. The van der Waals surface area contributed by atoms with E-state index in [1.165, 1.54) is 5.56 Å². The molecule has 4 atom stereocenters. The first-order valence-corrected chi connectivity index (χ1v) is 13.1. The summed E-state index contributed by atoms with van der Waals surface area (Å²) in [5.74, 6) is 0.104. The minimum Gasteiger partial charge on any atom is -0.413 e. The van der Waals surface area contributed by atoms with Gasteiger partial charge in [0.25, 0.3) is 0 Å². The van der Waals surface area contributed by atoms with Crippen molar-refractivity contribution in [2.45, 2.75) is 78.0 Å². The van der Waals surface area contributed by atoms with E-state index in [9.17, 15) is 5.11 Å². The van der Waals surface area contributed by atoms with Crippen LogP contribution in [0.25, 0.3) is 0 Å². The highest BCUT2D eigenvalue weighted by molar-refractivity contribution is 6.73. The lowest BCUT2D eigenvalue weighted by Gasteiger charge is -2.38. The van der Waals surface area contributed by atoms with E-state index in [2.05, 4.69) is 46.4 Å². The molecule has 0 saturated heterocycles. The molecular weight excluding hydrogens is 352 g/mol. The topological polar surface area (TPSA) is 38.7 Å². The van der Waals surface area contributed by atoms with Crippen LogP contribution < -0.4 is 0 Å². The fourth-order valence-corrected chi connectivity index (χ4v) is 6.53. The zero-order valence-electron chi connectivity index (χ0n) is 18.0. The van der Waals surface area contributed by atoms with Crippen LogP contribution in [0.3, 0.4) is 0 Å². The lowest BCUT2D eigenvalue weighted by molar-refractivity contribution is -0.00763. The Morgan fingerprint density at radius 3 is 2.19 bits per heavy atom. The summed E-state index contributed by atoms with van der Waals surface area (Å²) in [6.45, 7) is 16.0. The fourth-order valence-electron chi connectivity index (χ4n) is 3.55. The van der Waals surface area contributed by atoms with Crippen molar-refractivity contribution in [3.8, 4) is 0 Å². The van der Waals surface area contributed by atoms with Gasteiger partial charge in [0.1, 0.15) is 0 Å². The van der Waals surface area contributed by atoms with Gasteiger partial charge >= 0.3 is 0 Å². The number of hydrogen-bond acceptors (Lipinski definition) is 3. The second kappa shape index (κ2) is 12.5. The Bertz CT molecular complexity index is 507. The van der Waals surface area contributed by atoms with Gasteiger partial charge in [0.2, 0.25) is 0 Å². The highest BCUT2D eigenvalue weighted by Crippen LogP contribution is 2.30. The predicted molar refractivity (Wildman–Crippen MR) is 117 cm³/mol. The summed E-state index contributed by atoms with van der Waals surface area (Å²) >= 11 is 0. The van der Waals surface area contributed by atoms with E-state index >= 15 is 0 Å². The fraction of sp³-hybridized carbons (Fsp3) is 0.652. The zero-order valence-corrected chi connectivity index (χ0v) is 19.0. The molecule has 0 aliphatic carbocycles. The smallest absolute Gasteiger partial charge is 0.192 e. The van der Waals surface area contributed by atoms with E-state index in [1.807, 2.05) is 31.2 Å². The summed E-state index contributed by atoms with van der Waals surface area (Å²) in [6.07, 6.45) is 2.21. The number of aliphatic hydroxyl groups is 1. The molecule has 4 heteroatoms. The summed E-state index contributed by atoms with van der Waals surface area (Å²) in [7, 11) is -1.75. The monoisotopic (exact) mass is 392 g/mol. The molecule has 0 spiro atoms. The number of benzene rings is 1. The SMILES string of the molecule is C=C[C@H](C)[C@@H](O)[C@@H](C)[C@H](CCOCc1ccccc1)O[Si](CC)(CC)CC. The van der Waals surface area contributed by atoms with Gasteiger partial charge in [-0.25, -0.2) is 0 Å². The quantitative estimate of drug-likeness (QED) is 0.247. The molecular formula is C23H40O3Si. The van der Waals surface area contributed by atoms with Crippen LogP contribution in [0.2, 0.25) is 18.1 Å². The second-order valence-electron chi connectivity index (χ2n) is 7.67. The number of hydrogen-bond donors (Lipinski definition) is 1. The first-order valence-electron chi connectivity index (χ1n) is 10.5. The molecule has 0 unspecified atom stereocenters. The summed E-state index contributed by atoms with van der Waals surface area (Å²) in [5.41, 5.74) is 1.18. The van der Waals surface area contributed by atoms with Gasteiger partial charge in [0.15, 0.2) is 8.32 Å². The van der Waals surface area contributed by atoms with Gasteiger partial charge in [0, 0.05) is 18.4 Å². The van der Waals surface area contributed by atoms with Gasteiger partial charge in [-0.1, -0.05) is 71.0 Å². The lowest BCUT2D eigenvalue weighted by Crippen LogP contribution is -2.45. The highest BCUT2D eigenvalue weighted by atomic mass is 28.4. The number of aliphatic hydroxyl groups excluding tert-OH is 1. The first-order chi connectivity index (χ1) is 12.9. The Labute approximate surface area is 167 Å². The molecule has 1 aromatic carbocycles. The molecule has 0 radical (unpaired) electrons. The summed E-state index contributed by atoms with van der Waals surface area (Å²) in [5, 5.41) is 10.7. The second-order valence-corrected chi connectivity index (χ2v) is 12.4. The van der Waals surface area contributed by atoms with Crippen molar-refractivity contribution in [1.82, 2.24) is 0 Å². The van der Waals surface area contributed by atoms with Gasteiger partial charge in [-0.05, 0) is 30.1 Å². The van der Waals surface area contributed by atoms with Crippen LogP contribution in [0.1, 0.15) is 46.6 Å². The van der Waals surface area contributed by atoms with Crippen molar-refractivity contribution in [3.63, 3.8) is 0 Å². The van der Waals surface area contributed by atoms with E-state index < -0.39 is 14.4 Å². The Kier molecular flexibility index (Phi) is 11.2. The van der Waals surface area contributed by atoms with Crippen LogP contribution in [0.4, 0.5) is 0 Å². The van der Waals surface area contributed by atoms with E-state index in [0.717, 1.165) is 24.6 Å². The van der Waals surface area contributed by atoms with Crippen LogP contribution in [-0.2, 0) is 15.8 Å². The van der Waals surface area contributed by atoms with Gasteiger partial charge < -0.3 is 14.3 Å². The highest BCUT2D eigenvalue weighted by Gasteiger charge is 2.36. The average Bonchev–Trinajstić information content (AvgIpc) is 2.72. The third-order valence-electron chi connectivity index (χ3n) is 6.03. The van der Waals surface area contributed by atoms with Crippen LogP contribution in [0, 0.1) is 11.8 Å². The van der Waals surface area contributed by atoms with E-state index in [4.69, 9.17) is 9.16 Å². The minimum absolute atomic E-state index is 0.0182. The predicted octanol–water partition coefficient (Wildman–Crippen LogP) is 5.80. The average molecular weight is 393 g/mol. The minimum atomic E-state index is -1.75. The summed E-state index contributed by atoms with van der Waals surface area (Å²) in [4.78, 5) is 0. The lowest BCUT2D eigenvalue weighted by atomic mass is 9.88. The van der Waals surface area contributed by atoms with Crippen molar-refractivity contribution >= 4 is 8.32 Å². The standard InChI is InChI=1S/C23H40O3Si/c1-7-19(5)23(24)20(6)22(26-27(8-2,9-3)10-4)16-17-25-18-21-14-12-11-13-15-21/h7,11-15,19-20,22-24H,1,8-10,16-18H2,2-6H3/t19-,20-,22-,23+/m0/s1. The first kappa shape index (κ1) is 24.1. The Balaban J connectivity index is 2.75. The largest absolute Gasteiger partial charge is 0.413 e. The third-order valence-corrected chi connectivity index (χ3v) is 10.7. The Morgan fingerprint density at radius 2 is 1.67 bits per heavy atom. The maximum atomic E-state index is 10.7. The van der Waals surface area contributed by atoms with E-state index in [0.29, 0.717) is 13.2 Å². The third kappa shape index (κ3) is 7.53. The molecule has 3 nitrogen and oxygen atoms in total. The summed E-state index contributed by atoms with van der Waals surface area (Å²) in [6, 6.07) is 13.6. The van der Waals surface area contributed by atoms with Gasteiger partial charge in [-0.3, -0.25) is 0 Å². The molecule has 1 rings (SSSR count). The van der Waals surface area contributed by atoms with Gasteiger partial charge in [-0.15, -0.1) is 6.58 Å². The maximum Gasteiger partial charge on any atom is 0.192 e. The number of ether oxygens (including phenoxy) is 1. The maximum absolute atomic E-state index is 10.7. The van der Waals surface area contributed by atoms with Crippen molar-refractivity contribution in [2.75, 3.05) is 6.61 Å². The molecule has 0 bridgehead atoms. The molecule has 0 amide bonds. The molecule has 1 aromatic rings. The van der Waals surface area contributed by atoms with Crippen LogP contribution >= 0.6 is 0 Å². The molecule has 0 saturated carbocycles. The number of rotatable bonds is 14. The normalized spacial score (nSPS) is 16.5. The van der Waals surface area contributed by atoms with Crippen molar-refractivity contribution in [2.24, 2.45) is 11.8 Å². The van der Waals surface area contributed by atoms with Gasteiger partial charge in [0.05, 0.1) is 18.8 Å². The molecule has 0 aliphatic rings. The molecule has 0 heterocycles. The molecule has 27 heavy (non-hydrogen) atoms. The van der Waals surface area contributed by atoms with Crippen molar-refractivity contribution in [1.29, 1.82) is 0 Å². The van der Waals surface area contributed by atoms with Gasteiger partial charge in [-0.2, -0.15) is 0 Å². The van der Waals surface area contributed by atoms with E-state index in [-0.39, 0.29) is 17.9 Å². The Morgan fingerprint density at radius 1 is 1.07 bits per heavy atom. The molecule has 154 valence electrons. The zero-order chi connectivity index (χ0) is 20.3. The van der Waals surface area contributed by atoms with E-state index in [1.54, 1.807) is 0 Å².